The number of hydrogen-bond donors (Lipinski definition) is 0. The molecule has 0 bridgehead atoms. The van der Waals surface area contributed by atoms with Crippen LogP contribution in [0.2, 0.25) is 0 Å². The molecule has 0 N–H and O–H groups in total. The Kier molecular flexibility index (Phi) is 6.98. The zero-order valence-corrected chi connectivity index (χ0v) is 26.6. The van der Waals surface area contributed by atoms with Gasteiger partial charge in [0.15, 0.2) is 0 Å². The molecule has 1 aliphatic carbocycles. The molecule has 0 aromatic heterocycles. The molecule has 0 aliphatic heterocycles. The van der Waals surface area contributed by atoms with Crippen molar-refractivity contribution >= 4 is 72.5 Å². The van der Waals surface area contributed by atoms with E-state index >= 15 is 0 Å². The first-order valence-corrected chi connectivity index (χ1v) is 16.8. The molecule has 0 fully saturated rings. The van der Waals surface area contributed by atoms with Crippen LogP contribution in [-0.4, -0.2) is 0 Å². The first-order valence-electron chi connectivity index (χ1n) is 16.8. The second-order valence-electron chi connectivity index (χ2n) is 12.5. The Morgan fingerprint density at radius 2 is 0.854 bits per heavy atom. The molecule has 0 atom stereocenters. The minimum Gasteiger partial charge on any atom is -0.309 e. The van der Waals surface area contributed by atoms with Crippen LogP contribution in [0.3, 0.4) is 0 Å². The van der Waals surface area contributed by atoms with Gasteiger partial charge in [0.1, 0.15) is 0 Å². The number of aryl methyl sites for hydroxylation is 1. The average molecular weight is 615 g/mol. The summed E-state index contributed by atoms with van der Waals surface area (Å²) in [7, 11) is 0. The number of benzene rings is 8. The molecule has 0 unspecified atom stereocenters. The van der Waals surface area contributed by atoms with Crippen molar-refractivity contribution in [3.63, 3.8) is 0 Å². The van der Waals surface area contributed by atoms with E-state index in [1.54, 1.807) is 0 Å². The van der Waals surface area contributed by atoms with Gasteiger partial charge in [0.2, 0.25) is 0 Å². The summed E-state index contributed by atoms with van der Waals surface area (Å²) >= 11 is 0. The van der Waals surface area contributed by atoms with E-state index in [1.807, 2.05) is 0 Å². The molecular formula is C46H34N2. The Labute approximate surface area is 281 Å². The fourth-order valence-electron chi connectivity index (χ4n) is 7.41. The normalized spacial score (nSPS) is 12.3. The molecule has 2 heteroatoms. The van der Waals surface area contributed by atoms with Crippen molar-refractivity contribution in [3.8, 4) is 0 Å². The summed E-state index contributed by atoms with van der Waals surface area (Å²) in [4.78, 5) is 4.91. The Hall–Kier alpha value is -6.12. The van der Waals surface area contributed by atoms with E-state index in [2.05, 4.69) is 192 Å². The largest absolute Gasteiger partial charge is 0.309 e. The van der Waals surface area contributed by atoms with Gasteiger partial charge in [-0.05, 0) is 83.3 Å². The predicted molar refractivity (Wildman–Crippen MR) is 206 cm³/mol. The molecule has 48 heavy (non-hydrogen) atoms. The number of hydrogen-bond acceptors (Lipinski definition) is 2. The van der Waals surface area contributed by atoms with E-state index in [0.717, 1.165) is 29.9 Å². The van der Waals surface area contributed by atoms with Crippen molar-refractivity contribution in [2.75, 3.05) is 9.80 Å². The summed E-state index contributed by atoms with van der Waals surface area (Å²) in [6, 6.07) is 61.8. The SMILES string of the molecule is C1=Cc2ccc(N(c3ccccc3)c3c4ccccc4c(N(c4ccccc4)c4ccc5ccccc5c4)c4ccccc34)cc2CC1. The standard InChI is InChI=1S/C46H34N2/c1-3-19-37(20-4-1)47(39-29-27-33-15-7-9-17-35(33)31-39)45-41-23-11-13-25-43(41)46(44-26-14-12-24-42(44)45)48(38-21-5-2-6-22-38)40-30-28-34-16-8-10-18-36(34)32-40/h1-9,11-17,19-32H,10,18H2. The number of nitrogens with zero attached hydrogens (tertiary/aromatic N) is 2. The van der Waals surface area contributed by atoms with E-state index in [9.17, 15) is 0 Å². The van der Waals surface area contributed by atoms with Gasteiger partial charge in [0.05, 0.1) is 11.4 Å². The minimum atomic E-state index is 1.06. The summed E-state index contributed by atoms with van der Waals surface area (Å²) in [5.74, 6) is 0. The maximum Gasteiger partial charge on any atom is 0.0619 e. The summed E-state index contributed by atoms with van der Waals surface area (Å²) < 4.78 is 0. The lowest BCUT2D eigenvalue weighted by Gasteiger charge is -2.33. The summed E-state index contributed by atoms with van der Waals surface area (Å²) in [6.45, 7) is 0. The molecule has 0 spiro atoms. The second kappa shape index (κ2) is 11.9. The number of allylic oxidation sites excluding steroid dienone is 1. The van der Waals surface area contributed by atoms with Crippen LogP contribution in [-0.2, 0) is 6.42 Å². The van der Waals surface area contributed by atoms with Crippen LogP contribution in [0, 0.1) is 0 Å². The van der Waals surface area contributed by atoms with Crippen LogP contribution in [0.4, 0.5) is 34.1 Å². The molecule has 228 valence electrons. The quantitative estimate of drug-likeness (QED) is 0.136. The van der Waals surface area contributed by atoms with Crippen LogP contribution >= 0.6 is 0 Å². The second-order valence-corrected chi connectivity index (χ2v) is 12.5. The topological polar surface area (TPSA) is 6.48 Å². The third kappa shape index (κ3) is 4.82. The Morgan fingerprint density at radius 1 is 0.375 bits per heavy atom. The monoisotopic (exact) mass is 614 g/mol. The molecule has 1 aliphatic rings. The molecule has 8 aromatic rings. The van der Waals surface area contributed by atoms with Gasteiger partial charge in [-0.2, -0.15) is 0 Å². The molecule has 8 aromatic carbocycles. The van der Waals surface area contributed by atoms with Gasteiger partial charge in [-0.15, -0.1) is 0 Å². The van der Waals surface area contributed by atoms with E-state index in [1.165, 1.54) is 60.5 Å². The molecule has 0 radical (unpaired) electrons. The van der Waals surface area contributed by atoms with Crippen molar-refractivity contribution in [3.05, 3.63) is 187 Å². The molecule has 0 amide bonds. The third-order valence-corrected chi connectivity index (χ3v) is 9.60. The zero-order valence-electron chi connectivity index (χ0n) is 26.6. The fourth-order valence-corrected chi connectivity index (χ4v) is 7.41. The van der Waals surface area contributed by atoms with Crippen molar-refractivity contribution in [2.24, 2.45) is 0 Å². The maximum absolute atomic E-state index is 2.47. The van der Waals surface area contributed by atoms with Crippen molar-refractivity contribution in [1.29, 1.82) is 0 Å². The molecule has 2 nitrogen and oxygen atoms in total. The van der Waals surface area contributed by atoms with Gasteiger partial charge >= 0.3 is 0 Å². The van der Waals surface area contributed by atoms with Gasteiger partial charge in [-0.1, -0.05) is 133 Å². The Bertz CT molecular complexity index is 2400. The van der Waals surface area contributed by atoms with Gasteiger partial charge in [-0.3, -0.25) is 0 Å². The van der Waals surface area contributed by atoms with Crippen molar-refractivity contribution < 1.29 is 0 Å². The van der Waals surface area contributed by atoms with E-state index in [-0.39, 0.29) is 0 Å². The van der Waals surface area contributed by atoms with Crippen LogP contribution in [0.5, 0.6) is 0 Å². The predicted octanol–water partition coefficient (Wildman–Crippen LogP) is 13.0. The van der Waals surface area contributed by atoms with Crippen LogP contribution in [0.25, 0.3) is 38.4 Å². The Balaban J connectivity index is 1.37. The van der Waals surface area contributed by atoms with E-state index < -0.39 is 0 Å². The molecule has 0 saturated carbocycles. The summed E-state index contributed by atoms with van der Waals surface area (Å²) in [6.07, 6.45) is 6.68. The highest BCUT2D eigenvalue weighted by Gasteiger charge is 2.25. The lowest BCUT2D eigenvalue weighted by Crippen LogP contribution is -2.15. The van der Waals surface area contributed by atoms with Crippen molar-refractivity contribution in [1.82, 2.24) is 0 Å². The fraction of sp³-hybridized carbons (Fsp3) is 0.0435. The first-order chi connectivity index (χ1) is 23.8. The molecule has 9 rings (SSSR count). The van der Waals surface area contributed by atoms with Gasteiger partial charge in [0, 0.05) is 44.3 Å². The number of fused-ring (bicyclic) bond motifs is 4. The maximum atomic E-state index is 2.47. The van der Waals surface area contributed by atoms with Crippen LogP contribution < -0.4 is 9.80 Å². The lowest BCUT2D eigenvalue weighted by atomic mass is 9.94. The number of rotatable bonds is 6. The highest BCUT2D eigenvalue weighted by atomic mass is 15.2. The Morgan fingerprint density at radius 3 is 1.44 bits per heavy atom. The van der Waals surface area contributed by atoms with Crippen LogP contribution in [0.1, 0.15) is 17.5 Å². The average Bonchev–Trinajstić information content (AvgIpc) is 3.16. The molecular weight excluding hydrogens is 581 g/mol. The van der Waals surface area contributed by atoms with E-state index in [4.69, 9.17) is 0 Å². The smallest absolute Gasteiger partial charge is 0.0619 e. The first kappa shape index (κ1) is 28.1. The van der Waals surface area contributed by atoms with E-state index in [0.29, 0.717) is 0 Å². The zero-order chi connectivity index (χ0) is 31.9. The van der Waals surface area contributed by atoms with Crippen molar-refractivity contribution in [2.45, 2.75) is 12.8 Å². The highest BCUT2D eigenvalue weighted by Crippen LogP contribution is 2.51. The van der Waals surface area contributed by atoms with Crippen LogP contribution in [0.15, 0.2) is 176 Å². The number of anilines is 6. The lowest BCUT2D eigenvalue weighted by molar-refractivity contribution is 0.984. The van der Waals surface area contributed by atoms with Gasteiger partial charge in [-0.25, -0.2) is 0 Å². The summed E-state index contributed by atoms with van der Waals surface area (Å²) in [5.41, 5.74) is 9.65. The van der Waals surface area contributed by atoms with Gasteiger partial charge in [0.25, 0.3) is 0 Å². The summed E-state index contributed by atoms with van der Waals surface area (Å²) in [5, 5.41) is 7.26. The minimum absolute atomic E-state index is 1.06. The number of para-hydroxylation sites is 2. The third-order valence-electron chi connectivity index (χ3n) is 9.60. The van der Waals surface area contributed by atoms with Gasteiger partial charge < -0.3 is 9.80 Å². The highest BCUT2D eigenvalue weighted by molar-refractivity contribution is 6.23. The molecule has 0 heterocycles. The molecule has 0 saturated heterocycles.